The van der Waals surface area contributed by atoms with E-state index in [9.17, 15) is 31.1 Å². The summed E-state index contributed by atoms with van der Waals surface area (Å²) in [5.41, 5.74) is 3.13. The summed E-state index contributed by atoms with van der Waals surface area (Å²) in [6, 6.07) is 10.2. The Bertz CT molecular complexity index is 1240. The van der Waals surface area contributed by atoms with Crippen LogP contribution in [0.1, 0.15) is 36.1 Å². The molecule has 1 saturated heterocycles. The number of benzene rings is 1. The van der Waals surface area contributed by atoms with Crippen LogP contribution in [-0.4, -0.2) is 65.1 Å². The van der Waals surface area contributed by atoms with Gasteiger partial charge in [0.25, 0.3) is 0 Å². The van der Waals surface area contributed by atoms with Gasteiger partial charge < -0.3 is 24.7 Å². The summed E-state index contributed by atoms with van der Waals surface area (Å²) in [5, 5.41) is 17.7. The van der Waals surface area contributed by atoms with Crippen LogP contribution in [0.2, 0.25) is 0 Å². The van der Waals surface area contributed by atoms with E-state index in [-0.39, 0.29) is 11.5 Å². The molecule has 226 valence electrons. The van der Waals surface area contributed by atoms with Crippen LogP contribution in [0.3, 0.4) is 0 Å². The van der Waals surface area contributed by atoms with E-state index in [2.05, 4.69) is 34.5 Å². The van der Waals surface area contributed by atoms with Crippen LogP contribution >= 0.6 is 0 Å². The van der Waals surface area contributed by atoms with Gasteiger partial charge in [-0.3, -0.25) is 9.69 Å². The number of aliphatic carboxylic acids is 2. The number of hydrogen-bond donors (Lipinski definition) is 3. The number of halogens is 6. The molecule has 5 rings (SSSR count). The highest BCUT2D eigenvalue weighted by Crippen LogP contribution is 2.46. The van der Waals surface area contributed by atoms with Crippen LogP contribution < -0.4 is 15.5 Å². The van der Waals surface area contributed by atoms with E-state index in [1.165, 1.54) is 23.8 Å². The molecule has 0 amide bonds. The Kier molecular flexibility index (Phi) is 10.1. The lowest BCUT2D eigenvalue weighted by atomic mass is 9.66. The molecule has 0 radical (unpaired) electrons. The van der Waals surface area contributed by atoms with Crippen LogP contribution in [0, 0.1) is 5.41 Å². The predicted molar refractivity (Wildman–Crippen MR) is 130 cm³/mol. The zero-order valence-corrected chi connectivity index (χ0v) is 21.6. The minimum atomic E-state index is -5.08. The van der Waals surface area contributed by atoms with Gasteiger partial charge in [0, 0.05) is 25.7 Å². The van der Waals surface area contributed by atoms with E-state index in [1.807, 2.05) is 0 Å². The first kappa shape index (κ1) is 31.9. The Hall–Kier alpha value is -3.59. The lowest BCUT2D eigenvalue weighted by Gasteiger charge is -2.44. The first-order valence-corrected chi connectivity index (χ1v) is 12.5. The normalized spacial score (nSPS) is 21.9. The standard InChI is InChI=1S/C22H26N2O3.2C2HF3O2/c25-20-9-18(13-24-8-5-16-3-1-2-4-17(16)12-24)26-14-21(20)27-19-10-22(11-19)6-7-23-15-22;2*3-2(4,5)1(6)7/h1-4,9,14,19,23H,5-8,10-13,15H2;2*(H,6,7). The quantitative estimate of drug-likeness (QED) is 0.450. The summed E-state index contributed by atoms with van der Waals surface area (Å²) < 4.78 is 75.1. The Balaban J connectivity index is 0.000000276. The first-order chi connectivity index (χ1) is 19.1. The van der Waals surface area contributed by atoms with Gasteiger partial charge in [0.2, 0.25) is 11.2 Å². The summed E-state index contributed by atoms with van der Waals surface area (Å²) in [6.45, 7) is 4.72. The van der Waals surface area contributed by atoms with E-state index in [0.29, 0.717) is 23.5 Å². The number of alkyl halides is 6. The van der Waals surface area contributed by atoms with Crippen molar-refractivity contribution in [2.45, 2.75) is 57.2 Å². The molecule has 1 spiro atoms. The molecule has 1 saturated carbocycles. The third kappa shape index (κ3) is 9.21. The molecular formula is C26H28F6N2O7. The zero-order chi connectivity index (χ0) is 30.4. The highest BCUT2D eigenvalue weighted by molar-refractivity contribution is 5.73. The van der Waals surface area contributed by atoms with Crippen molar-refractivity contribution in [1.29, 1.82) is 0 Å². The fraction of sp³-hybridized carbons (Fsp3) is 0.500. The summed E-state index contributed by atoms with van der Waals surface area (Å²) in [4.78, 5) is 32.6. The number of nitrogens with one attached hydrogen (secondary N) is 1. The van der Waals surface area contributed by atoms with E-state index >= 15 is 0 Å². The van der Waals surface area contributed by atoms with Crippen LogP contribution in [0.5, 0.6) is 5.75 Å². The summed E-state index contributed by atoms with van der Waals surface area (Å²) in [5.74, 6) is -4.45. The molecule has 1 aliphatic carbocycles. The molecule has 1 aromatic heterocycles. The van der Waals surface area contributed by atoms with Crippen molar-refractivity contribution in [3.05, 3.63) is 63.7 Å². The number of carboxylic acids is 2. The van der Waals surface area contributed by atoms with Crippen molar-refractivity contribution >= 4 is 11.9 Å². The fourth-order valence-corrected chi connectivity index (χ4v) is 4.83. The molecule has 3 aliphatic rings. The number of carboxylic acid groups (broad SMARTS) is 2. The summed E-state index contributed by atoms with van der Waals surface area (Å²) >= 11 is 0. The van der Waals surface area contributed by atoms with Crippen LogP contribution in [-0.2, 0) is 29.1 Å². The average Bonchev–Trinajstić information content (AvgIpc) is 3.35. The fourth-order valence-electron chi connectivity index (χ4n) is 4.83. The maximum absolute atomic E-state index is 12.5. The molecule has 9 nitrogen and oxygen atoms in total. The second-order valence-corrected chi connectivity index (χ2v) is 9.98. The molecule has 2 aromatic rings. The largest absolute Gasteiger partial charge is 0.490 e. The molecule has 3 N–H and O–H groups in total. The van der Waals surface area contributed by atoms with Gasteiger partial charge in [-0.1, -0.05) is 24.3 Å². The van der Waals surface area contributed by atoms with Crippen molar-refractivity contribution in [3.8, 4) is 5.75 Å². The van der Waals surface area contributed by atoms with Gasteiger partial charge in [0.1, 0.15) is 18.1 Å². The number of ether oxygens (including phenoxy) is 1. The van der Waals surface area contributed by atoms with Gasteiger partial charge in [-0.2, -0.15) is 26.3 Å². The van der Waals surface area contributed by atoms with Gasteiger partial charge >= 0.3 is 24.3 Å². The second kappa shape index (κ2) is 12.9. The number of carbonyl (C=O) groups is 2. The Labute approximate surface area is 229 Å². The van der Waals surface area contributed by atoms with E-state index < -0.39 is 24.3 Å². The highest BCUT2D eigenvalue weighted by Gasteiger charge is 2.47. The van der Waals surface area contributed by atoms with Crippen LogP contribution in [0.15, 0.2) is 45.8 Å². The number of nitrogens with zero attached hydrogens (tertiary/aromatic N) is 1. The maximum atomic E-state index is 12.5. The minimum Gasteiger partial charge on any atom is -0.483 e. The highest BCUT2D eigenvalue weighted by atomic mass is 19.4. The molecule has 15 heteroatoms. The number of rotatable bonds is 4. The number of fused-ring (bicyclic) bond motifs is 1. The van der Waals surface area contributed by atoms with Crippen molar-refractivity contribution < 1.29 is 55.3 Å². The SMILES string of the molecule is O=C(O)C(F)(F)F.O=C(O)C(F)(F)F.O=c1cc(CN2CCc3ccccc3C2)occ1OC1CC2(CCNC2)C1. The maximum Gasteiger partial charge on any atom is 0.490 e. The van der Waals surface area contributed by atoms with Gasteiger partial charge in [-0.25, -0.2) is 9.59 Å². The molecule has 3 heterocycles. The lowest BCUT2D eigenvalue weighted by Crippen LogP contribution is -2.45. The monoisotopic (exact) mass is 594 g/mol. The molecular weight excluding hydrogens is 566 g/mol. The predicted octanol–water partition coefficient (Wildman–Crippen LogP) is 3.99. The van der Waals surface area contributed by atoms with Gasteiger partial charge in [-0.05, 0) is 48.8 Å². The molecule has 0 bridgehead atoms. The van der Waals surface area contributed by atoms with Crippen molar-refractivity contribution in [2.24, 2.45) is 5.41 Å². The molecule has 2 fully saturated rings. The Morgan fingerprint density at radius 1 is 1.05 bits per heavy atom. The third-order valence-electron chi connectivity index (χ3n) is 6.87. The topological polar surface area (TPSA) is 129 Å². The van der Waals surface area contributed by atoms with E-state index in [0.717, 1.165) is 45.4 Å². The first-order valence-electron chi connectivity index (χ1n) is 12.5. The average molecular weight is 595 g/mol. The summed E-state index contributed by atoms with van der Waals surface area (Å²) in [6.07, 6.45) is -4.17. The number of hydrogen-bond acceptors (Lipinski definition) is 7. The van der Waals surface area contributed by atoms with Crippen LogP contribution in [0.25, 0.3) is 0 Å². The molecule has 0 unspecified atom stereocenters. The lowest BCUT2D eigenvalue weighted by molar-refractivity contribution is -0.193. The molecule has 41 heavy (non-hydrogen) atoms. The molecule has 0 atom stereocenters. The smallest absolute Gasteiger partial charge is 0.483 e. The van der Waals surface area contributed by atoms with Crippen molar-refractivity contribution in [2.75, 3.05) is 19.6 Å². The Morgan fingerprint density at radius 3 is 2.15 bits per heavy atom. The van der Waals surface area contributed by atoms with E-state index in [4.69, 9.17) is 29.0 Å². The third-order valence-corrected chi connectivity index (χ3v) is 6.87. The van der Waals surface area contributed by atoms with Gasteiger partial charge in [-0.15, -0.1) is 0 Å². The van der Waals surface area contributed by atoms with Crippen molar-refractivity contribution in [1.82, 2.24) is 10.2 Å². The van der Waals surface area contributed by atoms with E-state index in [1.54, 1.807) is 6.07 Å². The van der Waals surface area contributed by atoms with Crippen molar-refractivity contribution in [3.63, 3.8) is 0 Å². The zero-order valence-electron chi connectivity index (χ0n) is 21.6. The second-order valence-electron chi connectivity index (χ2n) is 9.98. The van der Waals surface area contributed by atoms with Gasteiger partial charge in [0.05, 0.1) is 6.54 Å². The van der Waals surface area contributed by atoms with Crippen LogP contribution in [0.4, 0.5) is 26.3 Å². The summed E-state index contributed by atoms with van der Waals surface area (Å²) in [7, 11) is 0. The molecule has 2 aliphatic heterocycles. The van der Waals surface area contributed by atoms with Gasteiger partial charge in [0.15, 0.2) is 0 Å². The molecule has 1 aromatic carbocycles. The Morgan fingerprint density at radius 2 is 1.63 bits per heavy atom. The minimum absolute atomic E-state index is 0.0702.